The largest absolute Gasteiger partial charge is 0.506 e. The Morgan fingerprint density at radius 2 is 1.63 bits per heavy atom. The van der Waals surface area contributed by atoms with Gasteiger partial charge in [0.05, 0.1) is 11.2 Å². The van der Waals surface area contributed by atoms with E-state index in [9.17, 15) is 24.3 Å². The summed E-state index contributed by atoms with van der Waals surface area (Å²) in [6.07, 6.45) is 2.54. The molecule has 2 heterocycles. The number of aromatic hydroxyl groups is 1. The van der Waals surface area contributed by atoms with Crippen LogP contribution >= 0.6 is 0 Å². The van der Waals surface area contributed by atoms with Crippen LogP contribution in [0.2, 0.25) is 0 Å². The normalized spacial score (nSPS) is 13.6. The van der Waals surface area contributed by atoms with Crippen LogP contribution in [0.4, 0.5) is 16.2 Å². The fraction of sp³-hybridized carbons (Fsp3) is 0.280. The fourth-order valence-corrected chi connectivity index (χ4v) is 7.97. The number of aromatic amines is 1. The summed E-state index contributed by atoms with van der Waals surface area (Å²) >= 11 is 0. The van der Waals surface area contributed by atoms with Gasteiger partial charge >= 0.3 is 6.09 Å². The number of carbonyl (C=O) groups excluding carboxylic acids is 3. The molecule has 5 aromatic carbocycles. The first kappa shape index (κ1) is 43.3. The molecule has 1 aliphatic heterocycles. The van der Waals surface area contributed by atoms with Crippen molar-refractivity contribution in [3.63, 3.8) is 0 Å². The summed E-state index contributed by atoms with van der Waals surface area (Å²) in [5.74, 6) is -0.218. The zero-order valence-electron chi connectivity index (χ0n) is 35.2. The first-order valence-corrected chi connectivity index (χ1v) is 21.2. The fourth-order valence-electron chi connectivity index (χ4n) is 7.97. The maximum absolute atomic E-state index is 13.3. The van der Waals surface area contributed by atoms with E-state index in [0.717, 1.165) is 65.7 Å². The number of phenols is 1. The molecular formula is C50H54N6O6. The molecule has 0 saturated carbocycles. The number of ether oxygens (including phenoxy) is 1. The number of anilines is 2. The molecule has 0 bridgehead atoms. The Hall–Kier alpha value is -6.76. The molecule has 1 fully saturated rings. The quantitative estimate of drug-likeness (QED) is 0.0666. The lowest BCUT2D eigenvalue weighted by atomic mass is 10.0. The first-order valence-electron chi connectivity index (χ1n) is 21.2. The number of hydrogen-bond acceptors (Lipinski definition) is 8. The Morgan fingerprint density at radius 3 is 2.45 bits per heavy atom. The Kier molecular flexibility index (Phi) is 14.4. The summed E-state index contributed by atoms with van der Waals surface area (Å²) in [6.45, 7) is 5.23. The number of fused-ring (bicyclic) bond motifs is 1. The molecule has 3 amide bonds. The second-order valence-corrected chi connectivity index (χ2v) is 15.9. The zero-order chi connectivity index (χ0) is 43.4. The monoisotopic (exact) mass is 834 g/mol. The molecule has 5 N–H and O–H groups in total. The van der Waals surface area contributed by atoms with Crippen LogP contribution in [-0.4, -0.2) is 78.3 Å². The van der Waals surface area contributed by atoms with Crippen molar-refractivity contribution in [2.24, 2.45) is 0 Å². The van der Waals surface area contributed by atoms with Crippen molar-refractivity contribution in [3.8, 4) is 16.9 Å². The third kappa shape index (κ3) is 11.5. The van der Waals surface area contributed by atoms with Gasteiger partial charge in [-0.2, -0.15) is 0 Å². The maximum atomic E-state index is 13.3. The summed E-state index contributed by atoms with van der Waals surface area (Å²) in [4.78, 5) is 57.7. The number of H-pyrrole nitrogens is 1. The number of nitrogens with zero attached hydrogens (tertiary/aromatic N) is 2. The highest BCUT2D eigenvalue weighted by molar-refractivity contribution is 5.98. The highest BCUT2D eigenvalue weighted by atomic mass is 16.6. The second-order valence-electron chi connectivity index (χ2n) is 15.9. The molecule has 1 atom stereocenters. The number of piperidine rings is 1. The highest BCUT2D eigenvalue weighted by Gasteiger charge is 2.24. The van der Waals surface area contributed by atoms with Crippen LogP contribution in [-0.2, 0) is 28.9 Å². The molecule has 12 nitrogen and oxygen atoms in total. The standard InChI is InChI=1S/C50H54N6O6/c1-34(51-26-22-38-18-20-45(57)48-43(38)19-21-46(58)54-48)30-35-10-8-11-36(31-35)33-52-49(60)39-14-9-15-40(32-39)55(2)47(59)25-29-56-27-23-41(24-28-56)62-50(61)53-44-17-7-6-16-42(44)37-12-4-3-5-13-37/h3-21,31-32,34,41,51,57H,22-30,33H2,1-2H3,(H,52,60)(H,53,61)(H,54,58). The van der Waals surface area contributed by atoms with Crippen LogP contribution in [0.15, 0.2) is 132 Å². The van der Waals surface area contributed by atoms with Gasteiger partial charge in [0.15, 0.2) is 0 Å². The lowest BCUT2D eigenvalue weighted by Gasteiger charge is -2.31. The predicted octanol–water partition coefficient (Wildman–Crippen LogP) is 7.66. The minimum absolute atomic E-state index is 0.0515. The maximum Gasteiger partial charge on any atom is 0.411 e. The lowest BCUT2D eigenvalue weighted by molar-refractivity contribution is -0.118. The van der Waals surface area contributed by atoms with Crippen molar-refractivity contribution in [1.82, 2.24) is 20.5 Å². The Bertz CT molecular complexity index is 2550. The number of nitrogens with one attached hydrogen (secondary N) is 4. The van der Waals surface area contributed by atoms with E-state index < -0.39 is 6.09 Å². The number of amides is 3. The number of likely N-dealkylation sites (tertiary alicyclic amines) is 1. The number of pyridine rings is 1. The third-order valence-electron chi connectivity index (χ3n) is 11.4. The topological polar surface area (TPSA) is 156 Å². The molecule has 320 valence electrons. The van der Waals surface area contributed by atoms with E-state index >= 15 is 0 Å². The van der Waals surface area contributed by atoms with E-state index in [1.807, 2.05) is 78.9 Å². The molecule has 1 aliphatic rings. The number of carbonyl (C=O) groups is 3. The van der Waals surface area contributed by atoms with E-state index in [1.165, 1.54) is 6.07 Å². The Morgan fingerprint density at radius 1 is 0.871 bits per heavy atom. The van der Waals surface area contributed by atoms with Gasteiger partial charge in [-0.25, -0.2) is 4.79 Å². The molecule has 0 spiro atoms. The molecule has 1 aromatic heterocycles. The average Bonchev–Trinajstić information content (AvgIpc) is 3.29. The SMILES string of the molecule is CC(Cc1cccc(CNC(=O)c2cccc(N(C)C(=O)CCN3CCC(OC(=O)Nc4ccccc4-c4ccccc4)CC3)c2)c1)NCCc1ccc(O)c2[nH]c(=O)ccc12. The van der Waals surface area contributed by atoms with Gasteiger partial charge in [-0.05, 0) is 97.8 Å². The lowest BCUT2D eigenvalue weighted by Crippen LogP contribution is -2.40. The number of benzene rings is 5. The van der Waals surface area contributed by atoms with Gasteiger partial charge in [0.1, 0.15) is 11.9 Å². The van der Waals surface area contributed by atoms with Crippen molar-refractivity contribution < 1.29 is 24.2 Å². The van der Waals surface area contributed by atoms with Gasteiger partial charge in [-0.3, -0.25) is 19.7 Å². The summed E-state index contributed by atoms with van der Waals surface area (Å²) in [5.41, 5.74) is 7.13. The number of para-hydroxylation sites is 1. The average molecular weight is 835 g/mol. The third-order valence-corrected chi connectivity index (χ3v) is 11.4. The molecule has 0 aliphatic carbocycles. The van der Waals surface area contributed by atoms with Crippen molar-refractivity contribution in [2.75, 3.05) is 43.4 Å². The van der Waals surface area contributed by atoms with E-state index in [0.29, 0.717) is 54.8 Å². The van der Waals surface area contributed by atoms with Gasteiger partial charge in [0.2, 0.25) is 11.5 Å². The van der Waals surface area contributed by atoms with Crippen molar-refractivity contribution in [1.29, 1.82) is 0 Å². The van der Waals surface area contributed by atoms with Crippen LogP contribution in [0.1, 0.15) is 53.2 Å². The van der Waals surface area contributed by atoms with Gasteiger partial charge in [0, 0.05) is 74.0 Å². The van der Waals surface area contributed by atoms with Gasteiger partial charge in [-0.15, -0.1) is 0 Å². The molecule has 0 radical (unpaired) electrons. The minimum Gasteiger partial charge on any atom is -0.506 e. The number of phenolic OH excluding ortho intramolecular Hbond substituents is 1. The van der Waals surface area contributed by atoms with Crippen LogP contribution < -0.4 is 26.4 Å². The van der Waals surface area contributed by atoms with E-state index in [-0.39, 0.29) is 35.3 Å². The van der Waals surface area contributed by atoms with E-state index in [1.54, 1.807) is 42.3 Å². The number of aromatic nitrogens is 1. The van der Waals surface area contributed by atoms with Crippen molar-refractivity contribution in [3.05, 3.63) is 160 Å². The predicted molar refractivity (Wildman–Crippen MR) is 245 cm³/mol. The Balaban J connectivity index is 0.819. The smallest absolute Gasteiger partial charge is 0.411 e. The first-order chi connectivity index (χ1) is 30.1. The summed E-state index contributed by atoms with van der Waals surface area (Å²) in [6, 6.07) is 39.7. The van der Waals surface area contributed by atoms with Crippen LogP contribution in [0.3, 0.4) is 0 Å². The molecule has 12 heteroatoms. The van der Waals surface area contributed by atoms with Crippen LogP contribution in [0.25, 0.3) is 22.0 Å². The Labute approximate surface area is 361 Å². The minimum atomic E-state index is -0.472. The van der Waals surface area contributed by atoms with Gasteiger partial charge < -0.3 is 35.3 Å². The molecule has 62 heavy (non-hydrogen) atoms. The van der Waals surface area contributed by atoms with Gasteiger partial charge in [-0.1, -0.05) is 84.9 Å². The second kappa shape index (κ2) is 20.7. The molecular weight excluding hydrogens is 781 g/mol. The molecule has 1 saturated heterocycles. The highest BCUT2D eigenvalue weighted by Crippen LogP contribution is 2.28. The molecule has 6 aromatic rings. The van der Waals surface area contributed by atoms with E-state index in [2.05, 4.69) is 44.9 Å². The van der Waals surface area contributed by atoms with Crippen molar-refractivity contribution in [2.45, 2.75) is 57.7 Å². The summed E-state index contributed by atoms with van der Waals surface area (Å²) < 4.78 is 5.79. The van der Waals surface area contributed by atoms with Gasteiger partial charge in [0.25, 0.3) is 5.91 Å². The number of hydrogen-bond donors (Lipinski definition) is 5. The van der Waals surface area contributed by atoms with Crippen LogP contribution in [0, 0.1) is 0 Å². The van der Waals surface area contributed by atoms with Crippen LogP contribution in [0.5, 0.6) is 5.75 Å². The summed E-state index contributed by atoms with van der Waals surface area (Å²) in [5, 5.41) is 20.5. The molecule has 1 unspecified atom stereocenters. The molecule has 7 rings (SSSR count). The zero-order valence-corrected chi connectivity index (χ0v) is 35.2. The van der Waals surface area contributed by atoms with Crippen molar-refractivity contribution >= 4 is 40.2 Å². The number of rotatable bonds is 16. The van der Waals surface area contributed by atoms with E-state index in [4.69, 9.17) is 4.74 Å². The summed E-state index contributed by atoms with van der Waals surface area (Å²) in [7, 11) is 1.73.